The van der Waals surface area contributed by atoms with Crippen LogP contribution in [0.15, 0.2) is 36.4 Å². The molecule has 3 fully saturated rings. The highest BCUT2D eigenvalue weighted by Crippen LogP contribution is 2.37. The minimum Gasteiger partial charge on any atom is -0.462 e. The van der Waals surface area contributed by atoms with E-state index in [1.807, 2.05) is 12.1 Å². The number of halogens is 1. The molecule has 4 aliphatic rings. The number of ether oxygens (including phenoxy) is 1. The monoisotopic (exact) mass is 518 g/mol. The molecule has 37 heavy (non-hydrogen) atoms. The SMILES string of the molecule is CN1CCCC1COc1nc2c(c(N3CC4CCC(C3)N4)n1)CCN(c1cccc3cccc(Cl)c13)C2. The first kappa shape index (κ1) is 23.5. The summed E-state index contributed by atoms with van der Waals surface area (Å²) in [5.74, 6) is 1.09. The van der Waals surface area contributed by atoms with Crippen LogP contribution in [0.2, 0.25) is 5.02 Å². The van der Waals surface area contributed by atoms with E-state index in [0.29, 0.717) is 30.7 Å². The van der Waals surface area contributed by atoms with Gasteiger partial charge in [0.05, 0.1) is 17.3 Å². The molecule has 7 nitrogen and oxygen atoms in total. The van der Waals surface area contributed by atoms with Gasteiger partial charge < -0.3 is 24.8 Å². The third-order valence-corrected chi connectivity index (χ3v) is 9.10. The fraction of sp³-hybridized carbons (Fsp3) is 0.517. The molecule has 0 aliphatic carbocycles. The van der Waals surface area contributed by atoms with Crippen molar-refractivity contribution in [1.82, 2.24) is 20.2 Å². The average molecular weight is 519 g/mol. The Kier molecular flexibility index (Phi) is 6.10. The van der Waals surface area contributed by atoms with Gasteiger partial charge in [-0.25, -0.2) is 0 Å². The van der Waals surface area contributed by atoms with Crippen LogP contribution in [0.1, 0.15) is 36.9 Å². The summed E-state index contributed by atoms with van der Waals surface area (Å²) in [4.78, 5) is 17.4. The number of rotatable bonds is 5. The van der Waals surface area contributed by atoms with E-state index in [4.69, 9.17) is 26.3 Å². The predicted octanol–water partition coefficient (Wildman–Crippen LogP) is 4.26. The molecule has 3 unspecified atom stereocenters. The number of aromatic nitrogens is 2. The number of likely N-dealkylation sites (N-methyl/N-ethyl adjacent to an activating group) is 1. The Labute approximate surface area is 223 Å². The number of benzene rings is 2. The summed E-state index contributed by atoms with van der Waals surface area (Å²) in [6.45, 7) is 5.44. The first-order valence-electron chi connectivity index (χ1n) is 13.8. The lowest BCUT2D eigenvalue weighted by molar-refractivity contribution is 0.187. The van der Waals surface area contributed by atoms with E-state index in [2.05, 4.69) is 51.3 Å². The van der Waals surface area contributed by atoms with Gasteiger partial charge in [-0.05, 0) is 63.2 Å². The van der Waals surface area contributed by atoms with Crippen LogP contribution in [0.25, 0.3) is 10.8 Å². The topological polar surface area (TPSA) is 56.8 Å². The maximum Gasteiger partial charge on any atom is 0.318 e. The lowest BCUT2D eigenvalue weighted by Gasteiger charge is -2.37. The van der Waals surface area contributed by atoms with E-state index >= 15 is 0 Å². The van der Waals surface area contributed by atoms with Gasteiger partial charge >= 0.3 is 6.01 Å². The van der Waals surface area contributed by atoms with Gasteiger partial charge in [-0.2, -0.15) is 9.97 Å². The molecule has 2 bridgehead atoms. The number of anilines is 2. The first-order valence-corrected chi connectivity index (χ1v) is 14.2. The Morgan fingerprint density at radius 3 is 2.59 bits per heavy atom. The summed E-state index contributed by atoms with van der Waals surface area (Å²) >= 11 is 6.69. The fourth-order valence-corrected chi connectivity index (χ4v) is 7.07. The zero-order valence-corrected chi connectivity index (χ0v) is 22.3. The average Bonchev–Trinajstić information content (AvgIpc) is 3.49. The van der Waals surface area contributed by atoms with Crippen LogP contribution >= 0.6 is 11.6 Å². The molecule has 8 heteroatoms. The summed E-state index contributed by atoms with van der Waals surface area (Å²) in [5.41, 5.74) is 3.54. The number of likely N-dealkylation sites (tertiary alicyclic amines) is 1. The van der Waals surface area contributed by atoms with Gasteiger partial charge in [0.15, 0.2) is 0 Å². The molecule has 7 rings (SSSR count). The lowest BCUT2D eigenvalue weighted by Crippen LogP contribution is -2.52. The van der Waals surface area contributed by atoms with Gasteiger partial charge in [-0.3, -0.25) is 0 Å². The number of hydrogen-bond acceptors (Lipinski definition) is 7. The third-order valence-electron chi connectivity index (χ3n) is 8.79. The van der Waals surface area contributed by atoms with Gasteiger partial charge in [-0.1, -0.05) is 35.9 Å². The number of fused-ring (bicyclic) bond motifs is 4. The second-order valence-corrected chi connectivity index (χ2v) is 11.6. The van der Waals surface area contributed by atoms with Crippen LogP contribution in [0.4, 0.5) is 11.5 Å². The van der Waals surface area contributed by atoms with Gasteiger partial charge in [0.2, 0.25) is 0 Å². The van der Waals surface area contributed by atoms with E-state index in [1.54, 1.807) is 0 Å². The number of piperazine rings is 1. The van der Waals surface area contributed by atoms with Crippen LogP contribution in [-0.4, -0.2) is 72.8 Å². The number of nitrogens with one attached hydrogen (secondary N) is 1. The fourth-order valence-electron chi connectivity index (χ4n) is 6.79. The maximum atomic E-state index is 6.69. The highest BCUT2D eigenvalue weighted by molar-refractivity contribution is 6.36. The normalized spacial score (nSPS) is 25.6. The van der Waals surface area contributed by atoms with Gasteiger partial charge in [0.25, 0.3) is 0 Å². The van der Waals surface area contributed by atoms with Crippen molar-refractivity contribution >= 4 is 33.9 Å². The van der Waals surface area contributed by atoms with E-state index in [-0.39, 0.29) is 0 Å². The van der Waals surface area contributed by atoms with Crippen LogP contribution in [0.3, 0.4) is 0 Å². The molecule has 1 aromatic heterocycles. The van der Waals surface area contributed by atoms with Crippen molar-refractivity contribution in [2.45, 2.75) is 56.8 Å². The van der Waals surface area contributed by atoms with Crippen molar-refractivity contribution in [2.75, 3.05) is 49.6 Å². The molecule has 0 amide bonds. The molecule has 194 valence electrons. The largest absolute Gasteiger partial charge is 0.462 e. The Hall–Kier alpha value is -2.61. The molecule has 3 saturated heterocycles. The molecule has 0 spiro atoms. The van der Waals surface area contributed by atoms with Crippen molar-refractivity contribution in [3.8, 4) is 6.01 Å². The zero-order valence-electron chi connectivity index (χ0n) is 21.5. The number of hydrogen-bond donors (Lipinski definition) is 1. The van der Waals surface area contributed by atoms with E-state index in [9.17, 15) is 0 Å². The Morgan fingerprint density at radius 2 is 1.81 bits per heavy atom. The van der Waals surface area contributed by atoms with Crippen LogP contribution < -0.4 is 19.9 Å². The molecule has 3 atom stereocenters. The Morgan fingerprint density at radius 1 is 1.00 bits per heavy atom. The minimum absolute atomic E-state index is 0.437. The van der Waals surface area contributed by atoms with Crippen molar-refractivity contribution in [1.29, 1.82) is 0 Å². The minimum atomic E-state index is 0.437. The molecule has 2 aromatic carbocycles. The quantitative estimate of drug-likeness (QED) is 0.541. The molecule has 1 N–H and O–H groups in total. The van der Waals surface area contributed by atoms with Gasteiger partial charge in [0, 0.05) is 54.4 Å². The molecule has 4 aliphatic heterocycles. The smallest absolute Gasteiger partial charge is 0.318 e. The molecule has 0 saturated carbocycles. The first-order chi connectivity index (χ1) is 18.1. The predicted molar refractivity (Wildman–Crippen MR) is 149 cm³/mol. The van der Waals surface area contributed by atoms with Crippen molar-refractivity contribution < 1.29 is 4.74 Å². The molecular weight excluding hydrogens is 484 g/mol. The summed E-state index contributed by atoms with van der Waals surface area (Å²) in [5, 5.41) is 6.84. The lowest BCUT2D eigenvalue weighted by atomic mass is 10.0. The van der Waals surface area contributed by atoms with Crippen molar-refractivity contribution in [3.63, 3.8) is 0 Å². The summed E-state index contributed by atoms with van der Waals surface area (Å²) in [7, 11) is 2.18. The van der Waals surface area contributed by atoms with E-state index < -0.39 is 0 Å². The van der Waals surface area contributed by atoms with Crippen molar-refractivity contribution in [3.05, 3.63) is 52.7 Å². The van der Waals surface area contributed by atoms with Crippen molar-refractivity contribution in [2.24, 2.45) is 0 Å². The summed E-state index contributed by atoms with van der Waals surface area (Å²) in [6, 6.07) is 14.6. The number of nitrogens with zero attached hydrogens (tertiary/aromatic N) is 5. The second kappa shape index (κ2) is 9.61. The highest BCUT2D eigenvalue weighted by Gasteiger charge is 2.35. The molecule has 3 aromatic rings. The van der Waals surface area contributed by atoms with Crippen LogP contribution in [0.5, 0.6) is 6.01 Å². The maximum absolute atomic E-state index is 6.69. The second-order valence-electron chi connectivity index (χ2n) is 11.2. The van der Waals surface area contributed by atoms with E-state index in [0.717, 1.165) is 61.1 Å². The van der Waals surface area contributed by atoms with Gasteiger partial charge in [0.1, 0.15) is 12.4 Å². The standard InChI is InChI=1S/C29H35ClN6O/c1-34-13-4-7-22(34)18-37-29-32-25-17-35(26-9-3-6-19-5-2-8-24(30)27(19)26)14-12-23(25)28(33-29)36-15-20-10-11-21(16-36)31-20/h2-3,5-6,8-9,20-22,31H,4,7,10-18H2,1H3. The zero-order chi connectivity index (χ0) is 24.9. The Bertz CT molecular complexity index is 1300. The summed E-state index contributed by atoms with van der Waals surface area (Å²) in [6.07, 6.45) is 5.82. The van der Waals surface area contributed by atoms with E-state index in [1.165, 1.54) is 42.3 Å². The van der Waals surface area contributed by atoms with Gasteiger partial charge in [-0.15, -0.1) is 0 Å². The van der Waals surface area contributed by atoms with Crippen LogP contribution in [-0.2, 0) is 13.0 Å². The third kappa shape index (κ3) is 4.41. The Balaban J connectivity index is 1.23. The highest BCUT2D eigenvalue weighted by atomic mass is 35.5. The van der Waals surface area contributed by atoms with Crippen LogP contribution in [0, 0.1) is 0 Å². The molecule has 5 heterocycles. The molecule has 0 radical (unpaired) electrons. The molecular formula is C29H35ClN6O. The summed E-state index contributed by atoms with van der Waals surface area (Å²) < 4.78 is 6.31.